The van der Waals surface area contributed by atoms with Gasteiger partial charge in [-0.1, -0.05) is 48.5 Å². The lowest BCUT2D eigenvalue weighted by molar-refractivity contribution is -0.139. The highest BCUT2D eigenvalue weighted by Crippen LogP contribution is 2.13. The van der Waals surface area contributed by atoms with E-state index in [4.69, 9.17) is 9.47 Å². The lowest BCUT2D eigenvalue weighted by Gasteiger charge is -2.06. The van der Waals surface area contributed by atoms with Gasteiger partial charge in [-0.3, -0.25) is 4.79 Å². The minimum absolute atomic E-state index is 0.0828. The maximum atomic E-state index is 12.7. The van der Waals surface area contributed by atoms with Gasteiger partial charge in [-0.2, -0.15) is 0 Å². The van der Waals surface area contributed by atoms with Crippen LogP contribution in [0.3, 0.4) is 0 Å². The number of benzene rings is 2. The minimum atomic E-state index is -0.883. The Morgan fingerprint density at radius 3 is 1.21 bits per heavy atom. The quantitative estimate of drug-likeness (QED) is 0.206. The van der Waals surface area contributed by atoms with E-state index in [9.17, 15) is 24.0 Å². The number of ketones is 1. The predicted molar refractivity (Wildman–Crippen MR) is 115 cm³/mol. The van der Waals surface area contributed by atoms with Gasteiger partial charge in [0.15, 0.2) is 5.78 Å². The van der Waals surface area contributed by atoms with E-state index in [1.54, 1.807) is 48.5 Å². The maximum absolute atomic E-state index is 12.7. The molecular weight excluding hydrogens is 444 g/mol. The summed E-state index contributed by atoms with van der Waals surface area (Å²) in [4.78, 5) is 57.3. The molecule has 0 aliphatic carbocycles. The molecule has 0 saturated carbocycles. The van der Waals surface area contributed by atoms with Crippen molar-refractivity contribution in [2.75, 3.05) is 14.2 Å². The number of methoxy groups -OCH3 is 2. The van der Waals surface area contributed by atoms with E-state index in [1.807, 2.05) is 23.7 Å². The van der Waals surface area contributed by atoms with Crippen molar-refractivity contribution in [2.24, 2.45) is 0 Å². The Kier molecular flexibility index (Phi) is 9.58. The molecule has 0 heterocycles. The fraction of sp³-hybridized carbons (Fsp3) is 0.160. The molecule has 0 aliphatic heterocycles. The van der Waals surface area contributed by atoms with Crippen LogP contribution in [0.4, 0.5) is 0 Å². The second kappa shape index (κ2) is 12.8. The third-order valence-electron chi connectivity index (χ3n) is 4.08. The molecule has 0 aliphatic rings. The summed E-state index contributed by atoms with van der Waals surface area (Å²) in [5.74, 6) is 4.22. The highest BCUT2D eigenvalue weighted by atomic mass is 16.5. The first-order valence-corrected chi connectivity index (χ1v) is 9.58. The number of rotatable bonds is 6. The van der Waals surface area contributed by atoms with Gasteiger partial charge in [-0.05, 0) is 11.1 Å². The third kappa shape index (κ3) is 8.33. The summed E-state index contributed by atoms with van der Waals surface area (Å²) in [5, 5.41) is 0. The lowest BCUT2D eigenvalue weighted by Crippen LogP contribution is -2.05. The molecule has 0 radical (unpaired) electrons. The molecule has 172 valence electrons. The Morgan fingerprint density at radius 1 is 0.559 bits per heavy atom. The van der Waals surface area contributed by atoms with Gasteiger partial charge in [0, 0.05) is 34.8 Å². The number of esters is 4. The molecule has 9 heteroatoms. The van der Waals surface area contributed by atoms with E-state index in [2.05, 4.69) is 9.47 Å². The zero-order valence-electron chi connectivity index (χ0n) is 18.2. The summed E-state index contributed by atoms with van der Waals surface area (Å²) in [6, 6.07) is 12.8. The van der Waals surface area contributed by atoms with Gasteiger partial charge in [0.1, 0.15) is 13.2 Å². The number of carbonyl (C=O) groups is 5. The lowest BCUT2D eigenvalue weighted by atomic mass is 10.0. The molecule has 2 aromatic carbocycles. The molecule has 0 bridgehead atoms. The minimum Gasteiger partial charge on any atom is -0.459 e. The van der Waals surface area contributed by atoms with E-state index in [1.165, 1.54) is 0 Å². The van der Waals surface area contributed by atoms with Crippen LogP contribution in [0.15, 0.2) is 48.5 Å². The Labute approximate surface area is 194 Å². The average molecular weight is 462 g/mol. The van der Waals surface area contributed by atoms with Crippen molar-refractivity contribution in [2.45, 2.75) is 13.2 Å². The van der Waals surface area contributed by atoms with E-state index < -0.39 is 23.9 Å². The smallest absolute Gasteiger partial charge is 0.385 e. The normalized spacial score (nSPS) is 9.24. The maximum Gasteiger partial charge on any atom is 0.385 e. The molecule has 2 aromatic rings. The van der Waals surface area contributed by atoms with Gasteiger partial charge in [-0.25, -0.2) is 19.2 Å². The Bertz CT molecular complexity index is 1110. The molecule has 9 nitrogen and oxygen atoms in total. The first-order chi connectivity index (χ1) is 16.3. The van der Waals surface area contributed by atoms with E-state index in [-0.39, 0.29) is 19.0 Å². The second-order valence-electron chi connectivity index (χ2n) is 6.36. The molecule has 0 fully saturated rings. The molecule has 0 aromatic heterocycles. The van der Waals surface area contributed by atoms with E-state index >= 15 is 0 Å². The molecular formula is C25H18O9. The third-order valence-corrected chi connectivity index (χ3v) is 4.08. The Hall–Kier alpha value is -4.89. The van der Waals surface area contributed by atoms with Crippen molar-refractivity contribution < 1.29 is 42.9 Å². The monoisotopic (exact) mass is 462 g/mol. The molecule has 34 heavy (non-hydrogen) atoms. The van der Waals surface area contributed by atoms with Crippen LogP contribution in [0.2, 0.25) is 0 Å². The van der Waals surface area contributed by atoms with Crippen molar-refractivity contribution in [3.63, 3.8) is 0 Å². The first-order valence-electron chi connectivity index (χ1n) is 9.58. The van der Waals surface area contributed by atoms with Crippen LogP contribution in [0.1, 0.15) is 27.0 Å². The van der Waals surface area contributed by atoms with Crippen molar-refractivity contribution in [3.05, 3.63) is 70.8 Å². The average Bonchev–Trinajstić information content (AvgIpc) is 2.87. The summed E-state index contributed by atoms with van der Waals surface area (Å²) in [7, 11) is 2.29. The summed E-state index contributed by atoms with van der Waals surface area (Å²) >= 11 is 0. The number of hydrogen-bond acceptors (Lipinski definition) is 9. The zero-order chi connectivity index (χ0) is 24.9. The van der Waals surface area contributed by atoms with Gasteiger partial charge in [-0.15, -0.1) is 0 Å². The van der Waals surface area contributed by atoms with E-state index in [0.29, 0.717) is 22.3 Å². The van der Waals surface area contributed by atoms with Crippen LogP contribution in [0.25, 0.3) is 0 Å². The van der Waals surface area contributed by atoms with Crippen molar-refractivity contribution in [1.82, 2.24) is 0 Å². The largest absolute Gasteiger partial charge is 0.459 e. The standard InChI is InChI=1S/C25H18O9/c1-31-21(26)11-13-23(28)33-15-17-3-7-19(8-4-17)25(30)20-9-5-18(6-10-20)16-34-24(29)14-12-22(27)32-2/h3-10H,15-16H2,1-2H3. The predicted octanol–water partition coefficient (Wildman–Crippen LogP) is 1.36. The summed E-state index contributed by atoms with van der Waals surface area (Å²) in [5.41, 5.74) is 2.07. The number of ether oxygens (including phenoxy) is 4. The van der Waals surface area contributed by atoms with E-state index in [0.717, 1.165) is 14.2 Å². The summed E-state index contributed by atoms with van der Waals surface area (Å²) in [6.07, 6.45) is 0. The van der Waals surface area contributed by atoms with Crippen molar-refractivity contribution in [1.29, 1.82) is 0 Å². The molecule has 0 spiro atoms. The molecule has 0 amide bonds. The van der Waals surface area contributed by atoms with Crippen LogP contribution in [-0.4, -0.2) is 43.9 Å². The zero-order valence-corrected chi connectivity index (χ0v) is 18.2. The Balaban J connectivity index is 1.90. The summed E-state index contributed by atoms with van der Waals surface area (Å²) in [6.45, 7) is -0.166. The molecule has 0 N–H and O–H groups in total. The van der Waals surface area contributed by atoms with Crippen molar-refractivity contribution in [3.8, 4) is 23.7 Å². The SMILES string of the molecule is COC(=O)C#CC(=O)OCc1ccc(C(=O)c2ccc(COC(=O)C#CC(=O)OC)cc2)cc1. The van der Waals surface area contributed by atoms with Crippen LogP contribution < -0.4 is 0 Å². The van der Waals surface area contributed by atoms with Gasteiger partial charge < -0.3 is 18.9 Å². The Morgan fingerprint density at radius 2 is 0.882 bits per heavy atom. The molecule has 2 rings (SSSR count). The molecule has 0 unspecified atom stereocenters. The highest BCUT2D eigenvalue weighted by molar-refractivity contribution is 6.09. The fourth-order valence-corrected chi connectivity index (χ4v) is 2.35. The summed E-state index contributed by atoms with van der Waals surface area (Å²) < 4.78 is 18.4. The van der Waals surface area contributed by atoms with Crippen LogP contribution >= 0.6 is 0 Å². The highest BCUT2D eigenvalue weighted by Gasteiger charge is 2.10. The first kappa shape index (κ1) is 25.4. The van der Waals surface area contributed by atoms with Gasteiger partial charge in [0.25, 0.3) is 0 Å². The van der Waals surface area contributed by atoms with Gasteiger partial charge >= 0.3 is 23.9 Å². The molecule has 0 saturated heterocycles. The van der Waals surface area contributed by atoms with Crippen LogP contribution in [0, 0.1) is 23.7 Å². The van der Waals surface area contributed by atoms with Crippen LogP contribution in [-0.2, 0) is 51.3 Å². The fourth-order valence-electron chi connectivity index (χ4n) is 2.35. The van der Waals surface area contributed by atoms with Crippen LogP contribution in [0.5, 0.6) is 0 Å². The van der Waals surface area contributed by atoms with Gasteiger partial charge in [0.05, 0.1) is 14.2 Å². The second-order valence-corrected chi connectivity index (χ2v) is 6.36. The number of carbonyl (C=O) groups excluding carboxylic acids is 5. The van der Waals surface area contributed by atoms with Crippen molar-refractivity contribution >= 4 is 29.7 Å². The topological polar surface area (TPSA) is 122 Å². The molecule has 0 atom stereocenters. The number of hydrogen-bond donors (Lipinski definition) is 0. The van der Waals surface area contributed by atoms with Gasteiger partial charge in [0.2, 0.25) is 0 Å².